The van der Waals surface area contributed by atoms with Gasteiger partial charge in [-0.25, -0.2) is 9.98 Å². The third kappa shape index (κ3) is 4.23. The molecule has 1 aliphatic rings. The van der Waals surface area contributed by atoms with Crippen molar-refractivity contribution >= 4 is 35.1 Å². The molecule has 2 aromatic rings. The summed E-state index contributed by atoms with van der Waals surface area (Å²) in [6, 6.07) is 7.94. The van der Waals surface area contributed by atoms with Crippen LogP contribution in [0.2, 0.25) is 5.15 Å². The molecule has 3 rings (SSSR count). The Morgan fingerprint density at radius 2 is 2.00 bits per heavy atom. The topological polar surface area (TPSA) is 101 Å². The van der Waals surface area contributed by atoms with Gasteiger partial charge in [0.2, 0.25) is 5.91 Å². The van der Waals surface area contributed by atoms with Crippen LogP contribution in [0.1, 0.15) is 35.0 Å². The molecule has 7 nitrogen and oxygen atoms in total. The van der Waals surface area contributed by atoms with Crippen LogP contribution in [0, 0.1) is 0 Å². The van der Waals surface area contributed by atoms with Crippen LogP contribution in [-0.2, 0) is 16.5 Å². The van der Waals surface area contributed by atoms with Gasteiger partial charge in [-0.05, 0) is 36.8 Å². The predicted molar refractivity (Wildman–Crippen MR) is 105 cm³/mol. The lowest BCUT2D eigenvalue weighted by Crippen LogP contribution is -2.47. The number of aliphatic imine (C=N–C) groups is 1. The summed E-state index contributed by atoms with van der Waals surface area (Å²) in [6.45, 7) is 1.70. The molecule has 0 radical (unpaired) electrons. The molecule has 0 fully saturated rings. The van der Waals surface area contributed by atoms with Crippen molar-refractivity contribution in [2.75, 3.05) is 12.4 Å². The molecule has 0 spiro atoms. The van der Waals surface area contributed by atoms with E-state index in [1.807, 2.05) is 0 Å². The van der Waals surface area contributed by atoms with Crippen LogP contribution in [0.5, 0.6) is 0 Å². The van der Waals surface area contributed by atoms with E-state index in [4.69, 9.17) is 17.3 Å². The first-order valence-electron chi connectivity index (χ1n) is 8.68. The number of halogens is 4. The molecule has 0 aliphatic carbocycles. The monoisotopic (exact) mass is 439 g/mol. The average molecular weight is 440 g/mol. The minimum atomic E-state index is -4.78. The number of nitrogens with one attached hydrogen (secondary N) is 1. The molecule has 0 saturated carbocycles. The number of nitrogens with zero attached hydrogens (tertiary/aromatic N) is 3. The van der Waals surface area contributed by atoms with Crippen LogP contribution >= 0.6 is 11.6 Å². The van der Waals surface area contributed by atoms with Crippen molar-refractivity contribution in [3.05, 3.63) is 58.4 Å². The zero-order valence-electron chi connectivity index (χ0n) is 15.9. The Hall–Kier alpha value is -3.14. The largest absolute Gasteiger partial charge is 0.418 e. The molecule has 158 valence electrons. The Labute approximate surface area is 174 Å². The van der Waals surface area contributed by atoms with Gasteiger partial charge in [-0.1, -0.05) is 23.7 Å². The van der Waals surface area contributed by atoms with E-state index >= 15 is 0 Å². The molecular weight excluding hydrogens is 423 g/mol. The van der Waals surface area contributed by atoms with Gasteiger partial charge >= 0.3 is 6.18 Å². The van der Waals surface area contributed by atoms with Crippen molar-refractivity contribution in [1.29, 1.82) is 0 Å². The number of alkyl halides is 3. The smallest absolute Gasteiger partial charge is 0.369 e. The predicted octanol–water partition coefficient (Wildman–Crippen LogP) is 3.40. The Morgan fingerprint density at radius 1 is 1.30 bits per heavy atom. The number of anilines is 1. The Balaban J connectivity index is 1.93. The minimum absolute atomic E-state index is 0.0374. The number of carbonyl (C=O) groups excluding carboxylic acids is 2. The summed E-state index contributed by atoms with van der Waals surface area (Å²) in [7, 11) is 1.51. The number of guanidine groups is 1. The number of benzene rings is 1. The fourth-order valence-electron chi connectivity index (χ4n) is 3.03. The maximum absolute atomic E-state index is 13.2. The third-order valence-corrected chi connectivity index (χ3v) is 4.91. The number of aromatic nitrogens is 1. The first kappa shape index (κ1) is 21.6. The number of carbonyl (C=O) groups is 2. The van der Waals surface area contributed by atoms with E-state index in [1.165, 1.54) is 24.1 Å². The summed E-state index contributed by atoms with van der Waals surface area (Å²) in [5.41, 5.74) is 3.53. The lowest BCUT2D eigenvalue weighted by atomic mass is 9.87. The second-order valence-corrected chi connectivity index (χ2v) is 7.32. The van der Waals surface area contributed by atoms with E-state index in [-0.39, 0.29) is 29.1 Å². The summed E-state index contributed by atoms with van der Waals surface area (Å²) >= 11 is 5.68. The van der Waals surface area contributed by atoms with E-state index in [0.717, 1.165) is 6.07 Å². The van der Waals surface area contributed by atoms with Gasteiger partial charge in [-0.3, -0.25) is 14.5 Å². The number of nitrogens with two attached hydrogens (primary N) is 1. The molecular formula is C19H17ClF3N5O2. The molecule has 2 amide bonds. The molecule has 1 aromatic heterocycles. The minimum Gasteiger partial charge on any atom is -0.369 e. The number of hydrogen-bond donors (Lipinski definition) is 2. The lowest BCUT2D eigenvalue weighted by molar-refractivity contribution is -0.138. The van der Waals surface area contributed by atoms with Crippen LogP contribution < -0.4 is 11.1 Å². The van der Waals surface area contributed by atoms with E-state index in [9.17, 15) is 22.8 Å². The van der Waals surface area contributed by atoms with Crippen molar-refractivity contribution in [3.63, 3.8) is 0 Å². The Morgan fingerprint density at radius 3 is 2.63 bits per heavy atom. The highest BCUT2D eigenvalue weighted by Crippen LogP contribution is 2.35. The summed E-state index contributed by atoms with van der Waals surface area (Å²) in [5.74, 6) is -1.27. The lowest BCUT2D eigenvalue weighted by Gasteiger charge is -2.33. The maximum atomic E-state index is 13.2. The highest BCUT2D eigenvalue weighted by molar-refractivity contribution is 6.29. The summed E-state index contributed by atoms with van der Waals surface area (Å²) in [5, 5.41) is 2.14. The molecule has 0 bridgehead atoms. The van der Waals surface area contributed by atoms with Gasteiger partial charge < -0.3 is 11.1 Å². The van der Waals surface area contributed by atoms with Gasteiger partial charge in [0.25, 0.3) is 5.91 Å². The van der Waals surface area contributed by atoms with Crippen LogP contribution in [0.3, 0.4) is 0 Å². The SMILES string of the molecule is CN1C(=O)CC(C)(c2cccc(NC(=O)c3nc(Cl)ccc3C(F)(F)F)c2)N=C1N. The van der Waals surface area contributed by atoms with Crippen LogP contribution in [0.4, 0.5) is 18.9 Å². The van der Waals surface area contributed by atoms with Gasteiger partial charge in [0.05, 0.1) is 17.5 Å². The first-order chi connectivity index (χ1) is 13.9. The van der Waals surface area contributed by atoms with Crippen molar-refractivity contribution in [3.8, 4) is 0 Å². The molecule has 2 heterocycles. The van der Waals surface area contributed by atoms with Gasteiger partial charge in [0.1, 0.15) is 10.8 Å². The highest BCUT2D eigenvalue weighted by Gasteiger charge is 2.37. The van der Waals surface area contributed by atoms with Gasteiger partial charge in [-0.15, -0.1) is 0 Å². The molecule has 0 saturated heterocycles. The van der Waals surface area contributed by atoms with Crippen LogP contribution in [0.25, 0.3) is 0 Å². The maximum Gasteiger partial charge on any atom is 0.418 e. The van der Waals surface area contributed by atoms with Gasteiger partial charge in [-0.2, -0.15) is 13.2 Å². The molecule has 1 atom stereocenters. The zero-order chi connectivity index (χ0) is 22.3. The Kier molecular flexibility index (Phi) is 5.46. The zero-order valence-corrected chi connectivity index (χ0v) is 16.7. The first-order valence-corrected chi connectivity index (χ1v) is 9.06. The molecule has 1 aromatic carbocycles. The molecule has 3 N–H and O–H groups in total. The summed E-state index contributed by atoms with van der Waals surface area (Å²) < 4.78 is 39.6. The van der Waals surface area contributed by atoms with E-state index in [0.29, 0.717) is 11.6 Å². The van der Waals surface area contributed by atoms with E-state index < -0.39 is 28.9 Å². The third-order valence-electron chi connectivity index (χ3n) is 4.70. The fourth-order valence-corrected chi connectivity index (χ4v) is 3.18. The summed E-state index contributed by atoms with van der Waals surface area (Å²) in [6.07, 6.45) is -4.74. The second-order valence-electron chi connectivity index (χ2n) is 6.94. The summed E-state index contributed by atoms with van der Waals surface area (Å²) in [4.78, 5) is 33.8. The molecule has 1 aliphatic heterocycles. The molecule has 11 heteroatoms. The number of pyridine rings is 1. The van der Waals surface area contributed by atoms with Crippen LogP contribution in [-0.4, -0.2) is 34.7 Å². The van der Waals surface area contributed by atoms with Crippen molar-refractivity contribution in [1.82, 2.24) is 9.88 Å². The van der Waals surface area contributed by atoms with Crippen molar-refractivity contribution in [2.45, 2.75) is 25.1 Å². The second kappa shape index (κ2) is 7.60. The van der Waals surface area contributed by atoms with E-state index in [2.05, 4.69) is 15.3 Å². The molecule has 1 unspecified atom stereocenters. The average Bonchev–Trinajstić information content (AvgIpc) is 2.65. The quantitative estimate of drug-likeness (QED) is 0.716. The number of rotatable bonds is 3. The number of hydrogen-bond acceptors (Lipinski definition) is 5. The fraction of sp³-hybridized carbons (Fsp3) is 0.263. The number of amides is 2. The van der Waals surface area contributed by atoms with Gasteiger partial charge in [0.15, 0.2) is 5.96 Å². The molecule has 30 heavy (non-hydrogen) atoms. The van der Waals surface area contributed by atoms with Crippen molar-refractivity contribution < 1.29 is 22.8 Å². The van der Waals surface area contributed by atoms with Crippen LogP contribution in [0.15, 0.2) is 41.4 Å². The van der Waals surface area contributed by atoms with Crippen molar-refractivity contribution in [2.24, 2.45) is 10.7 Å². The van der Waals surface area contributed by atoms with Gasteiger partial charge in [0, 0.05) is 12.7 Å². The van der Waals surface area contributed by atoms with E-state index in [1.54, 1.807) is 19.1 Å². The normalized spacial score (nSPS) is 19.5. The highest BCUT2D eigenvalue weighted by atomic mass is 35.5. The standard InChI is InChI=1S/C19H17ClF3N5O2/c1-18(9-14(29)28(2)17(24)27-18)10-4-3-5-11(8-10)25-16(30)15-12(19(21,22)23)6-7-13(20)26-15/h3-8H,9H2,1-2H3,(H2,24,27)(H,25,30). The Bertz CT molecular complexity index is 1060.